The van der Waals surface area contributed by atoms with Crippen LogP contribution in [0.1, 0.15) is 24.0 Å². The van der Waals surface area contributed by atoms with Gasteiger partial charge in [0.1, 0.15) is 0 Å². The number of hydrogen-bond donors (Lipinski definition) is 1. The van der Waals surface area contributed by atoms with Gasteiger partial charge >= 0.3 is 0 Å². The minimum atomic E-state index is 0.771. The Morgan fingerprint density at radius 2 is 2.31 bits per heavy atom. The van der Waals surface area contributed by atoms with Crippen molar-refractivity contribution < 1.29 is 0 Å². The van der Waals surface area contributed by atoms with Gasteiger partial charge in [-0.3, -0.25) is 4.90 Å². The lowest BCUT2D eigenvalue weighted by Crippen LogP contribution is -2.51. The lowest BCUT2D eigenvalue weighted by Gasteiger charge is -2.33. The molecule has 1 aliphatic carbocycles. The minimum absolute atomic E-state index is 0.771. The quantitative estimate of drug-likeness (QED) is 0.866. The fraction of sp³-hybridized carbons (Fsp3) is 0.692. The molecular weight excluding hydrogens is 216 g/mol. The molecule has 1 aromatic rings. The monoisotopic (exact) mass is 236 g/mol. The maximum atomic E-state index is 3.67. The molecule has 0 amide bonds. The Bertz CT molecular complexity index is 357. The lowest BCUT2D eigenvalue weighted by molar-refractivity contribution is 0.181. The van der Waals surface area contributed by atoms with E-state index in [4.69, 9.17) is 0 Å². The topological polar surface area (TPSA) is 15.3 Å². The number of thiophene rings is 1. The van der Waals surface area contributed by atoms with Gasteiger partial charge in [-0.05, 0) is 47.6 Å². The fourth-order valence-corrected chi connectivity index (χ4v) is 3.44. The first-order valence-corrected chi connectivity index (χ1v) is 7.24. The normalized spacial score (nSPS) is 27.2. The largest absolute Gasteiger partial charge is 0.311 e. The van der Waals surface area contributed by atoms with E-state index in [9.17, 15) is 0 Å². The third kappa shape index (κ3) is 2.31. The van der Waals surface area contributed by atoms with Crippen molar-refractivity contribution in [3.8, 4) is 0 Å². The summed E-state index contributed by atoms with van der Waals surface area (Å²) in [7, 11) is 0. The minimum Gasteiger partial charge on any atom is -0.311 e. The van der Waals surface area contributed by atoms with Gasteiger partial charge in [0.05, 0.1) is 0 Å². The summed E-state index contributed by atoms with van der Waals surface area (Å²) in [6, 6.07) is 0.771. The van der Waals surface area contributed by atoms with E-state index in [0.29, 0.717) is 0 Å². The van der Waals surface area contributed by atoms with Crippen LogP contribution in [0.2, 0.25) is 0 Å². The summed E-state index contributed by atoms with van der Waals surface area (Å²) < 4.78 is 0. The van der Waals surface area contributed by atoms with Gasteiger partial charge < -0.3 is 5.32 Å². The highest BCUT2D eigenvalue weighted by atomic mass is 32.1. The molecule has 1 saturated heterocycles. The van der Waals surface area contributed by atoms with E-state index in [2.05, 4.69) is 27.9 Å². The zero-order valence-corrected chi connectivity index (χ0v) is 10.7. The van der Waals surface area contributed by atoms with E-state index in [-0.39, 0.29) is 0 Å². The van der Waals surface area contributed by atoms with Crippen LogP contribution >= 0.6 is 11.3 Å². The van der Waals surface area contributed by atoms with Crippen LogP contribution in [-0.2, 0) is 6.54 Å². The van der Waals surface area contributed by atoms with Crippen LogP contribution in [0.15, 0.2) is 10.8 Å². The first kappa shape index (κ1) is 10.8. The average molecular weight is 236 g/mol. The van der Waals surface area contributed by atoms with Crippen LogP contribution in [0.25, 0.3) is 0 Å². The number of hydrogen-bond acceptors (Lipinski definition) is 3. The van der Waals surface area contributed by atoms with E-state index in [1.165, 1.54) is 43.6 Å². The van der Waals surface area contributed by atoms with E-state index < -0.39 is 0 Å². The van der Waals surface area contributed by atoms with Crippen molar-refractivity contribution in [3.63, 3.8) is 0 Å². The van der Waals surface area contributed by atoms with Crippen molar-refractivity contribution in [3.05, 3.63) is 21.9 Å². The predicted molar refractivity (Wildman–Crippen MR) is 68.8 cm³/mol. The molecule has 1 aliphatic heterocycles. The predicted octanol–water partition coefficient (Wildman–Crippen LogP) is 2.24. The lowest BCUT2D eigenvalue weighted by atomic mass is 10.1. The zero-order chi connectivity index (χ0) is 11.0. The van der Waals surface area contributed by atoms with Gasteiger partial charge in [0.2, 0.25) is 0 Å². The van der Waals surface area contributed by atoms with Crippen molar-refractivity contribution in [2.45, 2.75) is 32.4 Å². The molecule has 0 aromatic carbocycles. The summed E-state index contributed by atoms with van der Waals surface area (Å²) in [5, 5.41) is 8.24. The van der Waals surface area contributed by atoms with Gasteiger partial charge in [-0.1, -0.05) is 0 Å². The molecule has 1 unspecified atom stereocenters. The smallest absolute Gasteiger partial charge is 0.0245 e. The number of nitrogens with one attached hydrogen (secondary N) is 1. The van der Waals surface area contributed by atoms with Crippen molar-refractivity contribution >= 4 is 11.3 Å². The Kier molecular flexibility index (Phi) is 3.01. The molecule has 0 radical (unpaired) electrons. The molecule has 0 spiro atoms. The Labute approximate surface area is 102 Å². The van der Waals surface area contributed by atoms with Crippen LogP contribution < -0.4 is 5.32 Å². The Morgan fingerprint density at radius 1 is 1.44 bits per heavy atom. The molecule has 16 heavy (non-hydrogen) atoms. The molecule has 0 bridgehead atoms. The van der Waals surface area contributed by atoms with Crippen LogP contribution in [0.5, 0.6) is 0 Å². The van der Waals surface area contributed by atoms with Gasteiger partial charge in [0, 0.05) is 32.2 Å². The number of piperazine rings is 1. The van der Waals surface area contributed by atoms with Crippen LogP contribution in [0.3, 0.4) is 0 Å². The highest BCUT2D eigenvalue weighted by Crippen LogP contribution is 2.33. The molecule has 2 nitrogen and oxygen atoms in total. The van der Waals surface area contributed by atoms with E-state index in [1.807, 2.05) is 11.3 Å². The first-order valence-electron chi connectivity index (χ1n) is 6.30. The molecular formula is C13H20N2S. The van der Waals surface area contributed by atoms with Crippen molar-refractivity contribution in [2.75, 3.05) is 19.6 Å². The van der Waals surface area contributed by atoms with Crippen LogP contribution in [0.4, 0.5) is 0 Å². The third-order valence-electron chi connectivity index (χ3n) is 3.84. The average Bonchev–Trinajstić information content (AvgIpc) is 3.06. The maximum Gasteiger partial charge on any atom is 0.0245 e. The highest BCUT2D eigenvalue weighted by Gasteiger charge is 2.33. The first-order chi connectivity index (χ1) is 7.83. The summed E-state index contributed by atoms with van der Waals surface area (Å²) in [6.07, 6.45) is 2.89. The second-order valence-electron chi connectivity index (χ2n) is 5.21. The van der Waals surface area contributed by atoms with E-state index >= 15 is 0 Å². The number of rotatable bonds is 3. The fourth-order valence-electron chi connectivity index (χ4n) is 2.59. The molecule has 88 valence electrons. The van der Waals surface area contributed by atoms with Crippen molar-refractivity contribution in [1.29, 1.82) is 0 Å². The summed E-state index contributed by atoms with van der Waals surface area (Å²) >= 11 is 1.83. The maximum absolute atomic E-state index is 3.67. The standard InChI is InChI=1S/C13H20N2S/c1-10-8-16-9-12(10)6-15-5-4-14-13(7-15)11-2-3-11/h8-9,11,13-14H,2-7H2,1H3. The molecule has 1 atom stereocenters. The second kappa shape index (κ2) is 4.47. The molecule has 3 heteroatoms. The molecule has 1 aromatic heterocycles. The number of aryl methyl sites for hydroxylation is 1. The molecule has 1 N–H and O–H groups in total. The van der Waals surface area contributed by atoms with E-state index in [0.717, 1.165) is 18.5 Å². The van der Waals surface area contributed by atoms with E-state index in [1.54, 1.807) is 0 Å². The Morgan fingerprint density at radius 3 is 3.00 bits per heavy atom. The second-order valence-corrected chi connectivity index (χ2v) is 5.96. The summed E-state index contributed by atoms with van der Waals surface area (Å²) in [6.45, 7) is 7.01. The van der Waals surface area contributed by atoms with Gasteiger partial charge in [0.25, 0.3) is 0 Å². The Balaban J connectivity index is 1.60. The zero-order valence-electron chi connectivity index (χ0n) is 9.91. The molecule has 3 rings (SSSR count). The van der Waals surface area contributed by atoms with Gasteiger partial charge in [-0.2, -0.15) is 11.3 Å². The van der Waals surface area contributed by atoms with Crippen LogP contribution in [0, 0.1) is 12.8 Å². The molecule has 2 fully saturated rings. The van der Waals surface area contributed by atoms with Gasteiger partial charge in [-0.25, -0.2) is 0 Å². The Hall–Kier alpha value is -0.380. The SMILES string of the molecule is Cc1cscc1CN1CCNC(C2CC2)C1. The van der Waals surface area contributed by atoms with Crippen LogP contribution in [-0.4, -0.2) is 30.6 Å². The third-order valence-corrected chi connectivity index (χ3v) is 4.75. The van der Waals surface area contributed by atoms with Crippen molar-refractivity contribution in [2.24, 2.45) is 5.92 Å². The summed E-state index contributed by atoms with van der Waals surface area (Å²) in [5.41, 5.74) is 2.99. The molecule has 2 heterocycles. The van der Waals surface area contributed by atoms with Gasteiger partial charge in [0.15, 0.2) is 0 Å². The molecule has 1 saturated carbocycles. The molecule has 2 aliphatic rings. The van der Waals surface area contributed by atoms with Gasteiger partial charge in [-0.15, -0.1) is 0 Å². The van der Waals surface area contributed by atoms with Crippen molar-refractivity contribution in [1.82, 2.24) is 10.2 Å². The summed E-state index contributed by atoms with van der Waals surface area (Å²) in [4.78, 5) is 2.62. The summed E-state index contributed by atoms with van der Waals surface area (Å²) in [5.74, 6) is 0.978. The number of nitrogens with zero attached hydrogens (tertiary/aromatic N) is 1. The highest BCUT2D eigenvalue weighted by molar-refractivity contribution is 7.08.